The van der Waals surface area contributed by atoms with Crippen LogP contribution in [0, 0.1) is 5.82 Å². The van der Waals surface area contributed by atoms with Gasteiger partial charge >= 0.3 is 246 Å². The quantitative estimate of drug-likeness (QED) is 0.162. The average molecular weight is 691 g/mol. The van der Waals surface area contributed by atoms with Crippen LogP contribution >= 0.6 is 37.9 Å². The molecule has 234 valence electrons. The molecule has 0 radical (unpaired) electrons. The van der Waals surface area contributed by atoms with Crippen LogP contribution in [0.25, 0.3) is 0 Å². The summed E-state index contributed by atoms with van der Waals surface area (Å²) in [6.45, 7) is -0.299. The number of alkyl halides is 10. The molecular formula is C24H23Cl2F9N2O3P2. The van der Waals surface area contributed by atoms with Gasteiger partial charge in [-0.3, -0.25) is 0 Å². The fourth-order valence-corrected chi connectivity index (χ4v) is 17.9. The van der Waals surface area contributed by atoms with E-state index >= 15 is 8.78 Å². The van der Waals surface area contributed by atoms with Gasteiger partial charge in [-0.1, -0.05) is 0 Å². The van der Waals surface area contributed by atoms with Crippen molar-refractivity contribution in [1.82, 2.24) is 9.34 Å². The molecule has 2 aliphatic heterocycles. The number of rotatable bonds is 8. The predicted octanol–water partition coefficient (Wildman–Crippen LogP) is 7.67. The summed E-state index contributed by atoms with van der Waals surface area (Å²) in [5.41, 5.74) is 0.0666. The fourth-order valence-electron chi connectivity index (χ4n) is 5.09. The molecule has 2 aliphatic rings. The summed E-state index contributed by atoms with van der Waals surface area (Å²) in [5.74, 6) is -8.56. The maximum atomic E-state index is 15.1. The molecule has 18 heteroatoms. The van der Waals surface area contributed by atoms with Gasteiger partial charge in [-0.2, -0.15) is 0 Å². The molecular weight excluding hydrogens is 668 g/mol. The van der Waals surface area contributed by atoms with E-state index in [4.69, 9.17) is 32.2 Å². The fraction of sp³-hybridized carbons (Fsp3) is 0.458. The summed E-state index contributed by atoms with van der Waals surface area (Å²) in [6, 6.07) is 9.91. The van der Waals surface area contributed by atoms with Crippen LogP contribution in [0.15, 0.2) is 48.5 Å². The second kappa shape index (κ2) is 11.5. The number of nitrogens with zero attached hydrogens (tertiary/aromatic N) is 2. The van der Waals surface area contributed by atoms with Crippen molar-refractivity contribution in [1.29, 1.82) is 0 Å². The van der Waals surface area contributed by atoms with Gasteiger partial charge in [0.25, 0.3) is 0 Å². The Hall–Kier alpha value is -1.40. The van der Waals surface area contributed by atoms with E-state index in [9.17, 15) is 35.5 Å². The maximum absolute atomic E-state index is 15.1. The summed E-state index contributed by atoms with van der Waals surface area (Å²) in [4.78, 5) is 14.2. The Morgan fingerprint density at radius 2 is 1.45 bits per heavy atom. The number of halogens is 11. The Kier molecular flexibility index (Phi) is 9.18. The molecule has 0 N–H and O–H groups in total. The Morgan fingerprint density at radius 1 is 0.905 bits per heavy atom. The van der Waals surface area contributed by atoms with Crippen molar-refractivity contribution in [3.8, 4) is 0 Å². The number of benzene rings is 2. The van der Waals surface area contributed by atoms with Gasteiger partial charge in [-0.15, -0.1) is 0 Å². The van der Waals surface area contributed by atoms with E-state index in [0.29, 0.717) is 4.67 Å². The van der Waals surface area contributed by atoms with Crippen molar-refractivity contribution in [3.63, 3.8) is 0 Å². The molecule has 1 spiro atoms. The molecule has 3 unspecified atom stereocenters. The SMILES string of the molecule is CP1c2ccccc2C(=O)N(Cc2ccc(F)cc2)P12(N(CCCl)CCCl)OC(C(F)(F)F)C(C(F)(F)C(F)(F)F)O2. The van der Waals surface area contributed by atoms with Crippen LogP contribution in [-0.2, 0) is 15.6 Å². The van der Waals surface area contributed by atoms with Gasteiger partial charge in [0.1, 0.15) is 0 Å². The van der Waals surface area contributed by atoms with Gasteiger partial charge in [-0.05, 0) is 0 Å². The molecule has 0 saturated carbocycles. The number of amides is 1. The van der Waals surface area contributed by atoms with Gasteiger partial charge in [0.05, 0.1) is 0 Å². The Morgan fingerprint density at radius 3 is 1.98 bits per heavy atom. The van der Waals surface area contributed by atoms with E-state index in [2.05, 4.69) is 0 Å². The van der Waals surface area contributed by atoms with Crippen LogP contribution in [0.1, 0.15) is 15.9 Å². The molecule has 0 bridgehead atoms. The molecule has 0 aromatic heterocycles. The van der Waals surface area contributed by atoms with Crippen molar-refractivity contribution in [2.45, 2.75) is 37.0 Å². The van der Waals surface area contributed by atoms with E-state index in [1.165, 1.54) is 43.1 Å². The summed E-state index contributed by atoms with van der Waals surface area (Å²) in [6.07, 6.45) is -20.0. The van der Waals surface area contributed by atoms with Crippen molar-refractivity contribution < 1.29 is 53.4 Å². The third kappa shape index (κ3) is 5.18. The Balaban J connectivity index is 2.13. The minimum atomic E-state index is -6.48. The van der Waals surface area contributed by atoms with E-state index < -0.39 is 76.5 Å². The van der Waals surface area contributed by atoms with Crippen LogP contribution in [-0.4, -0.2) is 77.2 Å². The zero-order valence-corrected chi connectivity index (χ0v) is 24.8. The Bertz CT molecular complexity index is 1320. The van der Waals surface area contributed by atoms with Crippen molar-refractivity contribution in [2.24, 2.45) is 0 Å². The van der Waals surface area contributed by atoms with Crippen molar-refractivity contribution in [3.05, 3.63) is 65.5 Å². The zero-order valence-electron chi connectivity index (χ0n) is 21.5. The molecule has 5 nitrogen and oxygen atoms in total. The summed E-state index contributed by atoms with van der Waals surface area (Å²) in [5, 5.41) is 0.0663. The van der Waals surface area contributed by atoms with Gasteiger partial charge in [0.15, 0.2) is 0 Å². The van der Waals surface area contributed by atoms with Crippen LogP contribution in [0.2, 0.25) is 0 Å². The second-order valence-electron chi connectivity index (χ2n) is 9.41. The summed E-state index contributed by atoms with van der Waals surface area (Å²) in [7, 11) is -8.49. The third-order valence-electron chi connectivity index (χ3n) is 6.99. The molecule has 2 aromatic carbocycles. The summed E-state index contributed by atoms with van der Waals surface area (Å²) < 4.78 is 141. The third-order valence-corrected chi connectivity index (χ3v) is 18.8. The minimum absolute atomic E-state index is 0.0399. The van der Waals surface area contributed by atoms with E-state index in [1.54, 1.807) is 0 Å². The predicted molar refractivity (Wildman–Crippen MR) is 142 cm³/mol. The van der Waals surface area contributed by atoms with Gasteiger partial charge in [0.2, 0.25) is 0 Å². The molecule has 1 amide bonds. The van der Waals surface area contributed by atoms with E-state index in [1.807, 2.05) is 0 Å². The first-order chi connectivity index (χ1) is 19.4. The number of hydrogen-bond donors (Lipinski definition) is 0. The van der Waals surface area contributed by atoms with E-state index in [-0.39, 0.29) is 28.2 Å². The number of carbonyl (C=O) groups is 1. The molecule has 2 heterocycles. The first-order valence-electron chi connectivity index (χ1n) is 12.1. The molecule has 0 aliphatic carbocycles. The first-order valence-corrected chi connectivity index (χ1v) is 17.7. The number of hydrogen-bond acceptors (Lipinski definition) is 4. The van der Waals surface area contributed by atoms with Crippen molar-refractivity contribution in [2.75, 3.05) is 31.5 Å². The summed E-state index contributed by atoms with van der Waals surface area (Å²) >= 11 is 12.0. The topological polar surface area (TPSA) is 42.0 Å². The monoisotopic (exact) mass is 690 g/mol. The van der Waals surface area contributed by atoms with Crippen LogP contribution in [0.4, 0.5) is 39.5 Å². The molecule has 1 fully saturated rings. The normalized spacial score (nSPS) is 25.0. The van der Waals surface area contributed by atoms with Crippen LogP contribution < -0.4 is 5.30 Å². The second-order valence-corrected chi connectivity index (χ2v) is 18.7. The Labute approximate surface area is 245 Å². The first kappa shape index (κ1) is 33.5. The van der Waals surface area contributed by atoms with Crippen molar-refractivity contribution >= 4 is 49.1 Å². The number of fused-ring (bicyclic) bond motifs is 1. The van der Waals surface area contributed by atoms with Crippen LogP contribution in [0.3, 0.4) is 0 Å². The van der Waals surface area contributed by atoms with Gasteiger partial charge < -0.3 is 0 Å². The van der Waals surface area contributed by atoms with Crippen LogP contribution in [0.5, 0.6) is 0 Å². The van der Waals surface area contributed by atoms with Gasteiger partial charge in [0, 0.05) is 0 Å². The molecule has 3 atom stereocenters. The average Bonchev–Trinajstić information content (AvgIpc) is 3.31. The molecule has 42 heavy (non-hydrogen) atoms. The van der Waals surface area contributed by atoms with E-state index in [0.717, 1.165) is 16.8 Å². The standard InChI is InChI=1S/C24H23Cl2F9N2O3P2/c1-41-18-5-3-2-4-17(18)21(38)37(14-15-6-8-16(27)9-7-15)42(41,36(12-10-25)13-11-26)39-19(20(40-42)23(30,31)32)22(28,29)24(33,34)35/h2-9,19-20H,10-14H2,1H3. The number of carbonyl (C=O) groups excluding carboxylic acids is 1. The van der Waals surface area contributed by atoms with Gasteiger partial charge in [-0.25, -0.2) is 0 Å². The zero-order chi connectivity index (χ0) is 31.3. The molecule has 4 rings (SSSR count). The molecule has 1 saturated heterocycles. The molecule has 2 aromatic rings.